The van der Waals surface area contributed by atoms with Crippen LogP contribution in [-0.2, 0) is 0 Å². The van der Waals surface area contributed by atoms with E-state index in [-0.39, 0.29) is 4.87 Å². The molecule has 0 N–H and O–H groups in total. The zero-order chi connectivity index (χ0) is 11.8. The minimum atomic E-state index is -0.0221. The van der Waals surface area contributed by atoms with Gasteiger partial charge in [0.25, 0.3) is 0 Å². The Labute approximate surface area is 107 Å². The molecule has 2 heteroatoms. The third-order valence-electron chi connectivity index (χ3n) is 5.31. The Kier molecular flexibility index (Phi) is 3.94. The molecule has 2 heterocycles. The van der Waals surface area contributed by atoms with Crippen molar-refractivity contribution in [2.24, 2.45) is 5.92 Å². The lowest BCUT2D eigenvalue weighted by Crippen LogP contribution is -2.38. The summed E-state index contributed by atoms with van der Waals surface area (Å²) in [6, 6.07) is 0. The first-order valence-electron chi connectivity index (χ1n) is 7.17. The third kappa shape index (κ3) is 2.78. The first-order valence-corrected chi connectivity index (χ1v) is 7.55. The van der Waals surface area contributed by atoms with E-state index >= 15 is 0 Å². The topological polar surface area (TPSA) is 0 Å². The Hall–Kier alpha value is 0.355. The van der Waals surface area contributed by atoms with Crippen LogP contribution in [0.15, 0.2) is 0 Å². The lowest BCUT2D eigenvalue weighted by Gasteiger charge is -2.43. The molecular formula is C14H26BCl. The molecule has 0 amide bonds. The van der Waals surface area contributed by atoms with Gasteiger partial charge in [0.2, 0.25) is 0 Å². The van der Waals surface area contributed by atoms with Gasteiger partial charge in [0, 0.05) is 4.87 Å². The van der Waals surface area contributed by atoms with Crippen LogP contribution in [0.2, 0.25) is 18.0 Å². The van der Waals surface area contributed by atoms with E-state index in [1.54, 1.807) is 0 Å². The molecule has 2 saturated heterocycles. The van der Waals surface area contributed by atoms with Crippen molar-refractivity contribution in [3.05, 3.63) is 0 Å². The largest absolute Gasteiger partial charge is 0.146 e. The smallest absolute Gasteiger partial charge is 0.120 e. The van der Waals surface area contributed by atoms with Crippen LogP contribution in [0.25, 0.3) is 0 Å². The van der Waals surface area contributed by atoms with Crippen LogP contribution in [0.1, 0.15) is 59.3 Å². The normalized spacial score (nSPS) is 32.6. The minimum absolute atomic E-state index is 0.0221. The summed E-state index contributed by atoms with van der Waals surface area (Å²) in [5.74, 6) is 2.73. The van der Waals surface area contributed by atoms with Crippen molar-refractivity contribution in [3.8, 4) is 0 Å². The molecule has 1 unspecified atom stereocenters. The third-order valence-corrected chi connectivity index (χ3v) is 5.68. The fraction of sp³-hybridized carbons (Fsp3) is 1.00. The van der Waals surface area contributed by atoms with Gasteiger partial charge < -0.3 is 0 Å². The maximum absolute atomic E-state index is 6.46. The van der Waals surface area contributed by atoms with Gasteiger partial charge in [-0.05, 0) is 19.8 Å². The fourth-order valence-electron chi connectivity index (χ4n) is 3.89. The summed E-state index contributed by atoms with van der Waals surface area (Å²) < 4.78 is 0. The zero-order valence-electron chi connectivity index (χ0n) is 11.1. The van der Waals surface area contributed by atoms with Gasteiger partial charge in [0.15, 0.2) is 0 Å². The van der Waals surface area contributed by atoms with Crippen molar-refractivity contribution in [2.45, 2.75) is 82.1 Å². The summed E-state index contributed by atoms with van der Waals surface area (Å²) in [4.78, 5) is -0.0221. The van der Waals surface area contributed by atoms with Crippen molar-refractivity contribution < 1.29 is 0 Å². The molecular weight excluding hydrogens is 214 g/mol. The van der Waals surface area contributed by atoms with Gasteiger partial charge >= 0.3 is 0 Å². The lowest BCUT2D eigenvalue weighted by atomic mass is 9.25. The first-order chi connectivity index (χ1) is 7.48. The number of alkyl halides is 1. The van der Waals surface area contributed by atoms with Crippen LogP contribution in [-0.4, -0.2) is 11.6 Å². The standard InChI is InChI=1S/C14H26BCl/c1-11(14(2,3)16)10-15-12-6-4-7-13(15)9-5-8-12/h11-13H,4-10H2,1-3H3. The average Bonchev–Trinajstić information content (AvgIpc) is 2.15. The van der Waals surface area contributed by atoms with E-state index in [1.807, 2.05) is 0 Å². The van der Waals surface area contributed by atoms with E-state index in [4.69, 9.17) is 11.6 Å². The molecule has 2 fully saturated rings. The SMILES string of the molecule is CC(CB1C2CCCC1CCC2)C(C)(C)Cl. The Morgan fingerprint density at radius 2 is 1.56 bits per heavy atom. The Morgan fingerprint density at radius 3 is 1.94 bits per heavy atom. The van der Waals surface area contributed by atoms with Crippen molar-refractivity contribution >= 4 is 18.3 Å². The molecule has 2 aliphatic rings. The first kappa shape index (κ1) is 12.8. The van der Waals surface area contributed by atoms with Crippen LogP contribution < -0.4 is 0 Å². The molecule has 2 aliphatic heterocycles. The summed E-state index contributed by atoms with van der Waals surface area (Å²) >= 11 is 6.46. The monoisotopic (exact) mass is 240 g/mol. The second-order valence-electron chi connectivity index (χ2n) is 6.75. The molecule has 0 saturated carbocycles. The van der Waals surface area contributed by atoms with E-state index in [1.165, 1.54) is 44.8 Å². The zero-order valence-corrected chi connectivity index (χ0v) is 11.9. The minimum Gasteiger partial charge on any atom is -0.120 e. The Balaban J connectivity index is 1.98. The molecule has 1 atom stereocenters. The Bertz CT molecular complexity index is 211. The van der Waals surface area contributed by atoms with Gasteiger partial charge in [-0.1, -0.05) is 63.4 Å². The summed E-state index contributed by atoms with van der Waals surface area (Å²) in [6.07, 6.45) is 10.3. The van der Waals surface area contributed by atoms with Gasteiger partial charge in [-0.15, -0.1) is 11.6 Å². The van der Waals surface area contributed by atoms with Crippen LogP contribution in [0.5, 0.6) is 0 Å². The molecule has 0 aromatic carbocycles. The van der Waals surface area contributed by atoms with E-state index < -0.39 is 0 Å². The molecule has 2 bridgehead atoms. The number of hydrogen-bond acceptors (Lipinski definition) is 0. The second kappa shape index (κ2) is 4.92. The molecule has 0 aromatic heterocycles. The van der Waals surface area contributed by atoms with E-state index in [0.29, 0.717) is 5.92 Å². The van der Waals surface area contributed by atoms with E-state index in [2.05, 4.69) is 20.8 Å². The molecule has 0 aliphatic carbocycles. The number of fused-ring (bicyclic) bond motifs is 2. The average molecular weight is 241 g/mol. The highest BCUT2D eigenvalue weighted by atomic mass is 35.5. The maximum atomic E-state index is 6.46. The highest BCUT2D eigenvalue weighted by molar-refractivity contribution is 6.62. The Morgan fingerprint density at radius 1 is 1.12 bits per heavy atom. The summed E-state index contributed by atoms with van der Waals surface area (Å²) in [7, 11) is 0. The fourth-order valence-corrected chi connectivity index (χ4v) is 3.98. The van der Waals surface area contributed by atoms with Gasteiger partial charge in [-0.3, -0.25) is 0 Å². The van der Waals surface area contributed by atoms with Crippen molar-refractivity contribution in [3.63, 3.8) is 0 Å². The number of halogens is 1. The molecule has 0 spiro atoms. The van der Waals surface area contributed by atoms with Crippen molar-refractivity contribution in [2.75, 3.05) is 0 Å². The van der Waals surface area contributed by atoms with E-state index in [0.717, 1.165) is 18.3 Å². The second-order valence-corrected chi connectivity index (χ2v) is 7.72. The predicted molar refractivity (Wildman–Crippen MR) is 74.9 cm³/mol. The van der Waals surface area contributed by atoms with Crippen LogP contribution >= 0.6 is 11.6 Å². The van der Waals surface area contributed by atoms with Gasteiger partial charge in [0.1, 0.15) is 6.71 Å². The molecule has 92 valence electrons. The molecule has 0 nitrogen and oxygen atoms in total. The van der Waals surface area contributed by atoms with Gasteiger partial charge in [-0.25, -0.2) is 0 Å². The van der Waals surface area contributed by atoms with Crippen molar-refractivity contribution in [1.82, 2.24) is 0 Å². The van der Waals surface area contributed by atoms with Crippen LogP contribution in [0.4, 0.5) is 0 Å². The maximum Gasteiger partial charge on any atom is 0.146 e. The number of rotatable bonds is 3. The quantitative estimate of drug-likeness (QED) is 0.467. The molecule has 16 heavy (non-hydrogen) atoms. The van der Waals surface area contributed by atoms with E-state index in [9.17, 15) is 0 Å². The molecule has 0 radical (unpaired) electrons. The summed E-state index contributed by atoms with van der Waals surface area (Å²) in [5, 5.41) is 0. The highest BCUT2D eigenvalue weighted by Crippen LogP contribution is 2.49. The van der Waals surface area contributed by atoms with Gasteiger partial charge in [0.05, 0.1) is 0 Å². The van der Waals surface area contributed by atoms with Crippen LogP contribution in [0.3, 0.4) is 0 Å². The van der Waals surface area contributed by atoms with Crippen LogP contribution in [0, 0.1) is 5.92 Å². The number of hydrogen-bond donors (Lipinski definition) is 0. The summed E-state index contributed by atoms with van der Waals surface area (Å²) in [6.45, 7) is 7.70. The van der Waals surface area contributed by atoms with Crippen molar-refractivity contribution in [1.29, 1.82) is 0 Å². The molecule has 0 aromatic rings. The summed E-state index contributed by atoms with van der Waals surface area (Å²) in [5.41, 5.74) is 0. The van der Waals surface area contributed by atoms with Gasteiger partial charge in [-0.2, -0.15) is 0 Å². The predicted octanol–water partition coefficient (Wildman–Crippen LogP) is 5.24. The lowest BCUT2D eigenvalue weighted by molar-refractivity contribution is 0.421. The highest BCUT2D eigenvalue weighted by Gasteiger charge is 2.41. The molecule has 2 rings (SSSR count).